The van der Waals surface area contributed by atoms with Gasteiger partial charge in [-0.25, -0.2) is 14.4 Å². The largest absolute Gasteiger partial charge is 0.493 e. The molecule has 194 valence electrons. The van der Waals surface area contributed by atoms with Crippen molar-refractivity contribution < 1.29 is 19.0 Å². The molecular formula is C26H30FN7O3. The zero-order valence-electron chi connectivity index (χ0n) is 20.8. The molecule has 0 atom stereocenters. The molecule has 4 N–H and O–H groups in total. The molecular weight excluding hydrogens is 477 g/mol. The minimum absolute atomic E-state index is 0.149. The minimum Gasteiger partial charge on any atom is -0.493 e. The van der Waals surface area contributed by atoms with Crippen molar-refractivity contribution in [3.8, 4) is 17.0 Å². The molecule has 2 aromatic heterocycles. The van der Waals surface area contributed by atoms with Crippen LogP contribution >= 0.6 is 0 Å². The molecule has 0 aliphatic heterocycles. The molecule has 0 aliphatic rings. The summed E-state index contributed by atoms with van der Waals surface area (Å²) in [6.45, 7) is 6.53. The summed E-state index contributed by atoms with van der Waals surface area (Å²) in [6, 6.07) is 11.7. The van der Waals surface area contributed by atoms with Gasteiger partial charge in [-0.15, -0.1) is 0 Å². The Morgan fingerprint density at radius 2 is 2.05 bits per heavy atom. The molecule has 0 saturated heterocycles. The normalized spacial score (nSPS) is 11.2. The second kappa shape index (κ2) is 12.2. The Hall–Kier alpha value is -4.09. The highest BCUT2D eigenvalue weighted by molar-refractivity contribution is 5.94. The first-order chi connectivity index (χ1) is 18.0. The number of aromatic amines is 1. The van der Waals surface area contributed by atoms with Crippen molar-refractivity contribution in [3.63, 3.8) is 0 Å². The van der Waals surface area contributed by atoms with E-state index < -0.39 is 5.82 Å². The van der Waals surface area contributed by atoms with Crippen LogP contribution in [0.2, 0.25) is 0 Å². The molecule has 0 aliphatic carbocycles. The van der Waals surface area contributed by atoms with Crippen molar-refractivity contribution in [2.75, 3.05) is 43.5 Å². The maximum absolute atomic E-state index is 14.6. The lowest BCUT2D eigenvalue weighted by Crippen LogP contribution is -2.28. The average Bonchev–Trinajstić information content (AvgIpc) is 3.33. The Morgan fingerprint density at radius 3 is 2.84 bits per heavy atom. The van der Waals surface area contributed by atoms with Gasteiger partial charge in [0, 0.05) is 37.5 Å². The van der Waals surface area contributed by atoms with Crippen LogP contribution in [0.3, 0.4) is 0 Å². The predicted octanol–water partition coefficient (Wildman–Crippen LogP) is 3.94. The molecule has 0 radical (unpaired) electrons. The van der Waals surface area contributed by atoms with Crippen LogP contribution in [0, 0.1) is 5.82 Å². The van der Waals surface area contributed by atoms with Gasteiger partial charge in [-0.1, -0.05) is 13.0 Å². The van der Waals surface area contributed by atoms with Crippen molar-refractivity contribution in [2.45, 2.75) is 20.3 Å². The summed E-state index contributed by atoms with van der Waals surface area (Å²) in [5.41, 5.74) is 1.66. The third-order valence-corrected chi connectivity index (χ3v) is 5.78. The van der Waals surface area contributed by atoms with Crippen LogP contribution in [-0.2, 0) is 4.79 Å². The number of hydrogen-bond acceptors (Lipinski definition) is 8. The number of rotatable bonds is 12. The molecule has 4 rings (SSSR count). The van der Waals surface area contributed by atoms with E-state index in [4.69, 9.17) is 9.84 Å². The summed E-state index contributed by atoms with van der Waals surface area (Å²) < 4.78 is 20.5. The number of nitrogens with zero attached hydrogens (tertiary/aromatic N) is 4. The van der Waals surface area contributed by atoms with Crippen LogP contribution in [0.15, 0.2) is 48.8 Å². The number of carbonyl (C=O) groups excluding carboxylic acids is 1. The van der Waals surface area contributed by atoms with Crippen molar-refractivity contribution in [3.05, 3.63) is 54.6 Å². The first-order valence-electron chi connectivity index (χ1n) is 12.1. The van der Waals surface area contributed by atoms with Crippen molar-refractivity contribution in [1.29, 1.82) is 0 Å². The SMILES string of the molecule is CCN(CCO)CCCOc1ccc2c(Nc3cc(-c4c(F)cccc4NC(C)=O)[nH]n3)ncnc2c1. The fourth-order valence-corrected chi connectivity index (χ4v) is 4.00. The highest BCUT2D eigenvalue weighted by Gasteiger charge is 2.15. The minimum atomic E-state index is -0.489. The van der Waals surface area contributed by atoms with Crippen molar-refractivity contribution in [2.24, 2.45) is 0 Å². The summed E-state index contributed by atoms with van der Waals surface area (Å²) in [5, 5.41) is 22.7. The summed E-state index contributed by atoms with van der Waals surface area (Å²) in [7, 11) is 0. The highest BCUT2D eigenvalue weighted by Crippen LogP contribution is 2.32. The molecule has 0 bridgehead atoms. The Bertz CT molecular complexity index is 1360. The average molecular weight is 508 g/mol. The second-order valence-corrected chi connectivity index (χ2v) is 8.40. The van der Waals surface area contributed by atoms with Gasteiger partial charge in [0.1, 0.15) is 23.7 Å². The van der Waals surface area contributed by atoms with Crippen LogP contribution in [-0.4, -0.2) is 68.9 Å². The van der Waals surface area contributed by atoms with E-state index >= 15 is 0 Å². The Balaban J connectivity index is 1.46. The number of likely N-dealkylation sites (N-methyl/N-ethyl adjacent to an activating group) is 1. The quantitative estimate of drug-likeness (QED) is 0.212. The number of aromatic nitrogens is 4. The van der Waals surface area contributed by atoms with Crippen molar-refractivity contribution in [1.82, 2.24) is 25.1 Å². The van der Waals surface area contributed by atoms with E-state index in [0.29, 0.717) is 47.4 Å². The summed E-state index contributed by atoms with van der Waals surface area (Å²) >= 11 is 0. The number of amides is 1. The molecule has 1 amide bonds. The smallest absolute Gasteiger partial charge is 0.221 e. The molecule has 4 aromatic rings. The van der Waals surface area contributed by atoms with Crippen LogP contribution in [0.25, 0.3) is 22.2 Å². The first kappa shape index (κ1) is 26.0. The summed E-state index contributed by atoms with van der Waals surface area (Å²) in [4.78, 5) is 22.4. The topological polar surface area (TPSA) is 128 Å². The summed E-state index contributed by atoms with van der Waals surface area (Å²) in [5.74, 6) is 0.875. The number of aliphatic hydroxyl groups is 1. The van der Waals surface area contributed by atoms with Gasteiger partial charge in [0.15, 0.2) is 5.82 Å². The van der Waals surface area contributed by atoms with Gasteiger partial charge in [0.05, 0.1) is 35.7 Å². The fraction of sp³-hybridized carbons (Fsp3) is 0.308. The van der Waals surface area contributed by atoms with Gasteiger partial charge < -0.3 is 25.4 Å². The van der Waals surface area contributed by atoms with Crippen LogP contribution < -0.4 is 15.4 Å². The maximum atomic E-state index is 14.6. The molecule has 37 heavy (non-hydrogen) atoms. The first-order valence-corrected chi connectivity index (χ1v) is 12.1. The third kappa shape index (κ3) is 6.57. The number of ether oxygens (including phenoxy) is 1. The van der Waals surface area contributed by atoms with Crippen LogP contribution in [0.4, 0.5) is 21.7 Å². The van der Waals surface area contributed by atoms with E-state index in [9.17, 15) is 9.18 Å². The van der Waals surface area contributed by atoms with Crippen LogP contribution in [0.1, 0.15) is 20.3 Å². The van der Waals surface area contributed by atoms with E-state index in [-0.39, 0.29) is 18.1 Å². The number of H-pyrrole nitrogens is 1. The lowest BCUT2D eigenvalue weighted by atomic mass is 10.1. The zero-order valence-corrected chi connectivity index (χ0v) is 20.8. The third-order valence-electron chi connectivity index (χ3n) is 5.78. The highest BCUT2D eigenvalue weighted by atomic mass is 19.1. The van der Waals surface area contributed by atoms with Gasteiger partial charge in [0.25, 0.3) is 0 Å². The molecule has 0 unspecified atom stereocenters. The number of fused-ring (bicyclic) bond motifs is 1. The van der Waals surface area contributed by atoms with Gasteiger partial charge in [-0.3, -0.25) is 9.89 Å². The van der Waals surface area contributed by atoms with Gasteiger partial charge in [-0.2, -0.15) is 5.10 Å². The zero-order chi connectivity index (χ0) is 26.2. The van der Waals surface area contributed by atoms with E-state index in [0.717, 1.165) is 24.9 Å². The molecule has 0 saturated carbocycles. The molecule has 11 heteroatoms. The van der Waals surface area contributed by atoms with E-state index in [1.165, 1.54) is 25.4 Å². The van der Waals surface area contributed by atoms with Crippen molar-refractivity contribution >= 4 is 34.1 Å². The van der Waals surface area contributed by atoms with Crippen LogP contribution in [0.5, 0.6) is 5.75 Å². The monoisotopic (exact) mass is 507 g/mol. The fourth-order valence-electron chi connectivity index (χ4n) is 4.00. The van der Waals surface area contributed by atoms with E-state index in [2.05, 4.69) is 42.6 Å². The number of anilines is 3. The second-order valence-electron chi connectivity index (χ2n) is 8.40. The lowest BCUT2D eigenvalue weighted by Gasteiger charge is -2.18. The van der Waals surface area contributed by atoms with Gasteiger partial charge in [0.2, 0.25) is 5.91 Å². The molecule has 10 nitrogen and oxygen atoms in total. The Kier molecular flexibility index (Phi) is 8.60. The molecule has 2 heterocycles. The number of nitrogens with one attached hydrogen (secondary N) is 3. The molecule has 0 fully saturated rings. The van der Waals surface area contributed by atoms with E-state index in [1.807, 2.05) is 18.2 Å². The number of halogens is 1. The number of aliphatic hydroxyl groups excluding tert-OH is 1. The predicted molar refractivity (Wildman–Crippen MR) is 140 cm³/mol. The Morgan fingerprint density at radius 1 is 1.19 bits per heavy atom. The maximum Gasteiger partial charge on any atom is 0.221 e. The van der Waals surface area contributed by atoms with Gasteiger partial charge >= 0.3 is 0 Å². The van der Waals surface area contributed by atoms with E-state index in [1.54, 1.807) is 12.1 Å². The number of hydrogen-bond donors (Lipinski definition) is 4. The molecule has 0 spiro atoms. The molecule has 2 aromatic carbocycles. The number of benzene rings is 2. The van der Waals surface area contributed by atoms with Gasteiger partial charge in [-0.05, 0) is 37.2 Å². The Labute approximate surface area is 213 Å². The number of carbonyl (C=O) groups is 1. The summed E-state index contributed by atoms with van der Waals surface area (Å²) in [6.07, 6.45) is 2.29. The standard InChI is InChI=1S/C26H30FN7O3/c1-3-34(11-12-35)10-5-13-37-18-8-9-19-22(14-18)28-16-29-26(19)31-24-15-23(32-33-24)25-20(27)6-4-7-21(25)30-17(2)36/h4,6-9,14-16,35H,3,5,10-13H2,1-2H3,(H,30,36)(H2,28,29,31,32,33). The lowest BCUT2D eigenvalue weighted by molar-refractivity contribution is -0.114.